The first-order valence-corrected chi connectivity index (χ1v) is 15.7. The van der Waals surface area contributed by atoms with Gasteiger partial charge in [-0.2, -0.15) is 0 Å². The summed E-state index contributed by atoms with van der Waals surface area (Å²) in [5.74, 6) is -0.125. The lowest BCUT2D eigenvalue weighted by atomic mass is 9.33. The Hall–Kier alpha value is -1.91. The minimum Gasteiger partial charge on any atom is -0.481 e. The van der Waals surface area contributed by atoms with Gasteiger partial charge in [-0.1, -0.05) is 66.2 Å². The third-order valence-corrected chi connectivity index (χ3v) is 13.8. The monoisotopic (exact) mass is 552 g/mol. The third-order valence-electron chi connectivity index (χ3n) is 13.8. The number of hydrogen-bond donors (Lipinski definition) is 1. The van der Waals surface area contributed by atoms with Crippen LogP contribution in [0.15, 0.2) is 23.3 Å². The van der Waals surface area contributed by atoms with Crippen molar-refractivity contribution >= 4 is 17.7 Å². The molecule has 0 aromatic carbocycles. The predicted octanol–water partition coefficient (Wildman–Crippen LogP) is 7.93. The normalized spacial score (nSPS) is 45.7. The van der Waals surface area contributed by atoms with Crippen molar-refractivity contribution in [1.29, 1.82) is 0 Å². The van der Waals surface area contributed by atoms with Crippen molar-refractivity contribution in [2.75, 3.05) is 0 Å². The standard InChI is InChI=1S/C35H52O5/c1-10-21(2)28(37)40-27-20-30(3,4)19-23-22-11-12-25-32(7)15-14-26(36)31(5,6)24(32)13-16-34(25,9)33(22,8)17-18-35(23,27)29(38)39/h10-11,23-25,27H,12-20H2,1-9H3,(H,38,39)/b21-10-/t23?,24?,25?,27-,32+,33-,34-,35+/m1/s1. The van der Waals surface area contributed by atoms with Gasteiger partial charge in [0.25, 0.3) is 0 Å². The number of carboxylic acid groups (broad SMARTS) is 1. The van der Waals surface area contributed by atoms with Gasteiger partial charge in [-0.05, 0) is 98.7 Å². The van der Waals surface area contributed by atoms with E-state index in [0.29, 0.717) is 42.5 Å². The zero-order chi connectivity index (χ0) is 29.7. The quantitative estimate of drug-likeness (QED) is 0.218. The molecule has 0 spiro atoms. The van der Waals surface area contributed by atoms with Crippen LogP contribution in [0.2, 0.25) is 0 Å². The van der Waals surface area contributed by atoms with E-state index in [1.807, 2.05) is 6.92 Å². The summed E-state index contributed by atoms with van der Waals surface area (Å²) in [6.45, 7) is 19.7. The summed E-state index contributed by atoms with van der Waals surface area (Å²) < 4.78 is 6.13. The number of ketones is 1. The molecule has 0 bridgehead atoms. The van der Waals surface area contributed by atoms with Crippen molar-refractivity contribution in [2.45, 2.75) is 126 Å². The van der Waals surface area contributed by atoms with Crippen LogP contribution in [0.3, 0.4) is 0 Å². The van der Waals surface area contributed by atoms with E-state index >= 15 is 0 Å². The molecule has 0 aromatic heterocycles. The van der Waals surface area contributed by atoms with Gasteiger partial charge in [0.2, 0.25) is 0 Å². The van der Waals surface area contributed by atoms with Crippen molar-refractivity contribution in [3.63, 3.8) is 0 Å². The number of carbonyl (C=O) groups is 3. The highest BCUT2D eigenvalue weighted by Crippen LogP contribution is 2.75. The number of rotatable bonds is 3. The molecule has 4 saturated carbocycles. The molecule has 0 amide bonds. The fourth-order valence-corrected chi connectivity index (χ4v) is 11.1. The number of carbonyl (C=O) groups excluding carboxylic acids is 2. The minimum atomic E-state index is -1.10. The van der Waals surface area contributed by atoms with Gasteiger partial charge < -0.3 is 9.84 Å². The van der Waals surface area contributed by atoms with Gasteiger partial charge in [0.1, 0.15) is 17.3 Å². The topological polar surface area (TPSA) is 80.7 Å². The first-order chi connectivity index (χ1) is 18.4. The summed E-state index contributed by atoms with van der Waals surface area (Å²) in [5.41, 5.74) is 0.279. The zero-order valence-electron chi connectivity index (χ0n) is 26.4. The molecular formula is C35H52O5. The molecule has 5 heteroatoms. The lowest BCUT2D eigenvalue weighted by molar-refractivity contribution is -0.206. The van der Waals surface area contributed by atoms with Crippen LogP contribution in [-0.4, -0.2) is 28.9 Å². The Kier molecular flexibility index (Phi) is 6.69. The van der Waals surface area contributed by atoms with E-state index in [1.54, 1.807) is 13.0 Å². The van der Waals surface area contributed by atoms with Crippen LogP contribution in [0.1, 0.15) is 120 Å². The van der Waals surface area contributed by atoms with E-state index in [1.165, 1.54) is 5.57 Å². The van der Waals surface area contributed by atoms with Crippen LogP contribution in [0, 0.1) is 50.2 Å². The number of allylic oxidation sites excluding steroid dienone is 3. The van der Waals surface area contributed by atoms with Crippen LogP contribution < -0.4 is 0 Å². The Bertz CT molecular complexity index is 1190. The van der Waals surface area contributed by atoms with Gasteiger partial charge in [-0.15, -0.1) is 0 Å². The molecule has 5 nitrogen and oxygen atoms in total. The Morgan fingerprint density at radius 3 is 2.27 bits per heavy atom. The number of esters is 1. The molecular weight excluding hydrogens is 500 g/mol. The molecule has 222 valence electrons. The van der Waals surface area contributed by atoms with Crippen LogP contribution in [0.4, 0.5) is 0 Å². The third kappa shape index (κ3) is 3.73. The molecule has 3 unspecified atom stereocenters. The molecule has 4 fully saturated rings. The van der Waals surface area contributed by atoms with Gasteiger partial charge in [0.05, 0.1) is 0 Å². The van der Waals surface area contributed by atoms with E-state index in [4.69, 9.17) is 4.74 Å². The number of ether oxygens (including phenoxy) is 1. The Morgan fingerprint density at radius 2 is 1.65 bits per heavy atom. The highest BCUT2D eigenvalue weighted by Gasteiger charge is 2.71. The van der Waals surface area contributed by atoms with Gasteiger partial charge in [-0.25, -0.2) is 4.79 Å². The Labute approximate surface area is 241 Å². The summed E-state index contributed by atoms with van der Waals surface area (Å²) in [6, 6.07) is 0. The first-order valence-electron chi connectivity index (χ1n) is 15.7. The van der Waals surface area contributed by atoms with Crippen molar-refractivity contribution in [1.82, 2.24) is 0 Å². The summed E-state index contributed by atoms with van der Waals surface area (Å²) in [4.78, 5) is 39.4. The second-order valence-corrected chi connectivity index (χ2v) is 16.3. The van der Waals surface area contributed by atoms with Gasteiger partial charge in [0, 0.05) is 23.3 Å². The van der Waals surface area contributed by atoms with Crippen molar-refractivity contribution in [3.05, 3.63) is 23.3 Å². The molecule has 40 heavy (non-hydrogen) atoms. The van der Waals surface area contributed by atoms with Crippen LogP contribution in [-0.2, 0) is 19.1 Å². The molecule has 5 aliphatic rings. The Morgan fingerprint density at radius 1 is 0.975 bits per heavy atom. The molecule has 0 aromatic rings. The SMILES string of the molecule is C/C=C(/C)C(=O)O[C@@H]1CC(C)(C)CC2C3=CCC4[C@@]5(C)CCC(=O)C(C)(C)C5CC[C@@]4(C)[C@]3(C)CC[C@]21C(=O)O. The fourth-order valence-electron chi connectivity index (χ4n) is 11.1. The zero-order valence-corrected chi connectivity index (χ0v) is 26.4. The van der Waals surface area contributed by atoms with Crippen molar-refractivity contribution in [2.24, 2.45) is 50.2 Å². The van der Waals surface area contributed by atoms with E-state index in [9.17, 15) is 19.5 Å². The lowest BCUT2D eigenvalue weighted by Gasteiger charge is -2.70. The molecule has 0 saturated heterocycles. The molecule has 0 aliphatic heterocycles. The highest BCUT2D eigenvalue weighted by atomic mass is 16.5. The lowest BCUT2D eigenvalue weighted by Crippen LogP contribution is -2.66. The van der Waals surface area contributed by atoms with E-state index in [-0.39, 0.29) is 33.0 Å². The van der Waals surface area contributed by atoms with E-state index < -0.39 is 23.5 Å². The first kappa shape index (κ1) is 29.6. The fraction of sp³-hybridized carbons (Fsp3) is 0.800. The predicted molar refractivity (Wildman–Crippen MR) is 156 cm³/mol. The van der Waals surface area contributed by atoms with Crippen LogP contribution in [0.5, 0.6) is 0 Å². The average molecular weight is 553 g/mol. The maximum absolute atomic E-state index is 13.4. The number of Topliss-reactive ketones (excluding diaryl/α,β-unsaturated/α-hetero) is 1. The highest BCUT2D eigenvalue weighted by molar-refractivity contribution is 5.88. The number of fused-ring (bicyclic) bond motifs is 7. The van der Waals surface area contributed by atoms with Crippen LogP contribution in [0.25, 0.3) is 0 Å². The smallest absolute Gasteiger partial charge is 0.333 e. The number of aliphatic carboxylic acids is 1. The van der Waals surface area contributed by atoms with Gasteiger partial charge >= 0.3 is 11.9 Å². The molecule has 5 aliphatic carbocycles. The molecule has 0 radical (unpaired) electrons. The number of hydrogen-bond acceptors (Lipinski definition) is 4. The van der Waals surface area contributed by atoms with Crippen molar-refractivity contribution in [3.8, 4) is 0 Å². The van der Waals surface area contributed by atoms with Gasteiger partial charge in [0.15, 0.2) is 0 Å². The average Bonchev–Trinajstić information content (AvgIpc) is 2.85. The van der Waals surface area contributed by atoms with Crippen molar-refractivity contribution < 1.29 is 24.2 Å². The maximum atomic E-state index is 13.4. The Balaban J connectivity index is 1.60. The summed E-state index contributed by atoms with van der Waals surface area (Å²) >= 11 is 0. The molecule has 0 heterocycles. The van der Waals surface area contributed by atoms with E-state index in [2.05, 4.69) is 54.5 Å². The maximum Gasteiger partial charge on any atom is 0.333 e. The summed E-state index contributed by atoms with van der Waals surface area (Å²) in [5, 5.41) is 11.0. The van der Waals surface area contributed by atoms with Crippen LogP contribution >= 0.6 is 0 Å². The second kappa shape index (κ2) is 9.04. The van der Waals surface area contributed by atoms with Gasteiger partial charge in [-0.3, -0.25) is 9.59 Å². The summed E-state index contributed by atoms with van der Waals surface area (Å²) in [7, 11) is 0. The molecule has 8 atom stereocenters. The van der Waals surface area contributed by atoms with E-state index in [0.717, 1.165) is 38.5 Å². The largest absolute Gasteiger partial charge is 0.481 e. The molecule has 5 rings (SSSR count). The molecule has 1 N–H and O–H groups in total. The second-order valence-electron chi connectivity index (χ2n) is 16.3. The minimum absolute atomic E-state index is 0.0266. The summed E-state index contributed by atoms with van der Waals surface area (Å²) in [6.07, 6.45) is 10.9. The number of carboxylic acids is 1.